The SMILES string of the molecule is Cc1ncccc1N1CC(C)(C)NCC1C. The Morgan fingerprint density at radius 1 is 1.50 bits per heavy atom. The summed E-state index contributed by atoms with van der Waals surface area (Å²) >= 11 is 0. The monoisotopic (exact) mass is 219 g/mol. The molecule has 2 heterocycles. The van der Waals surface area contributed by atoms with E-state index >= 15 is 0 Å². The Kier molecular flexibility index (Phi) is 2.89. The molecule has 1 N–H and O–H groups in total. The lowest BCUT2D eigenvalue weighted by Crippen LogP contribution is -2.61. The molecule has 1 aliphatic heterocycles. The summed E-state index contributed by atoms with van der Waals surface area (Å²) < 4.78 is 0. The summed E-state index contributed by atoms with van der Waals surface area (Å²) in [5.74, 6) is 0. The second-order valence-electron chi connectivity index (χ2n) is 5.35. The maximum Gasteiger partial charge on any atom is 0.0605 e. The van der Waals surface area contributed by atoms with Crippen LogP contribution < -0.4 is 10.2 Å². The van der Waals surface area contributed by atoms with Crippen molar-refractivity contribution in [3.05, 3.63) is 24.0 Å². The van der Waals surface area contributed by atoms with E-state index in [0.717, 1.165) is 18.8 Å². The maximum absolute atomic E-state index is 4.37. The van der Waals surface area contributed by atoms with Gasteiger partial charge in [0.15, 0.2) is 0 Å². The molecule has 0 bridgehead atoms. The molecule has 0 amide bonds. The second-order valence-corrected chi connectivity index (χ2v) is 5.35. The van der Waals surface area contributed by atoms with Gasteiger partial charge in [-0.2, -0.15) is 0 Å². The van der Waals surface area contributed by atoms with Crippen molar-refractivity contribution < 1.29 is 0 Å². The average molecular weight is 219 g/mol. The third kappa shape index (κ3) is 2.19. The zero-order valence-electron chi connectivity index (χ0n) is 10.6. The first-order valence-electron chi connectivity index (χ1n) is 5.93. The molecule has 0 aliphatic carbocycles. The zero-order chi connectivity index (χ0) is 11.8. The van der Waals surface area contributed by atoms with Gasteiger partial charge in [0.05, 0.1) is 11.4 Å². The van der Waals surface area contributed by atoms with Gasteiger partial charge in [-0.15, -0.1) is 0 Å². The summed E-state index contributed by atoms with van der Waals surface area (Å²) in [6.45, 7) is 10.9. The quantitative estimate of drug-likeness (QED) is 0.782. The third-order valence-electron chi connectivity index (χ3n) is 3.26. The van der Waals surface area contributed by atoms with Gasteiger partial charge >= 0.3 is 0 Å². The van der Waals surface area contributed by atoms with E-state index in [1.165, 1.54) is 5.69 Å². The molecule has 0 aromatic carbocycles. The number of hydrogen-bond acceptors (Lipinski definition) is 3. The fourth-order valence-electron chi connectivity index (χ4n) is 2.27. The minimum absolute atomic E-state index is 0.175. The smallest absolute Gasteiger partial charge is 0.0605 e. The minimum Gasteiger partial charge on any atom is -0.364 e. The normalized spacial score (nSPS) is 24.5. The van der Waals surface area contributed by atoms with Crippen LogP contribution in [0.4, 0.5) is 5.69 Å². The van der Waals surface area contributed by atoms with Crippen LogP contribution in [0.5, 0.6) is 0 Å². The average Bonchev–Trinajstić information content (AvgIpc) is 2.23. The Labute approximate surface area is 97.9 Å². The molecule has 3 nitrogen and oxygen atoms in total. The fourth-order valence-corrected chi connectivity index (χ4v) is 2.27. The zero-order valence-corrected chi connectivity index (χ0v) is 10.6. The molecular formula is C13H21N3. The number of nitrogens with one attached hydrogen (secondary N) is 1. The Morgan fingerprint density at radius 2 is 2.25 bits per heavy atom. The van der Waals surface area contributed by atoms with Crippen LogP contribution in [0.3, 0.4) is 0 Å². The molecular weight excluding hydrogens is 198 g/mol. The first-order valence-corrected chi connectivity index (χ1v) is 5.93. The molecule has 1 unspecified atom stereocenters. The fraction of sp³-hybridized carbons (Fsp3) is 0.615. The molecule has 1 aromatic rings. The lowest BCUT2D eigenvalue weighted by atomic mass is 9.98. The summed E-state index contributed by atoms with van der Waals surface area (Å²) in [7, 11) is 0. The lowest BCUT2D eigenvalue weighted by molar-refractivity contribution is 0.318. The number of piperazine rings is 1. The van der Waals surface area contributed by atoms with Crippen molar-refractivity contribution in [1.82, 2.24) is 10.3 Å². The van der Waals surface area contributed by atoms with E-state index in [1.807, 2.05) is 12.3 Å². The van der Waals surface area contributed by atoms with Crippen LogP contribution in [-0.4, -0.2) is 29.7 Å². The molecule has 2 rings (SSSR count). The number of rotatable bonds is 1. The summed E-state index contributed by atoms with van der Waals surface area (Å²) in [5.41, 5.74) is 2.56. The molecule has 1 saturated heterocycles. The number of nitrogens with zero attached hydrogens (tertiary/aromatic N) is 2. The summed E-state index contributed by atoms with van der Waals surface area (Å²) in [6, 6.07) is 4.71. The Hall–Kier alpha value is -1.09. The van der Waals surface area contributed by atoms with E-state index in [1.54, 1.807) is 0 Å². The predicted molar refractivity (Wildman–Crippen MR) is 67.9 cm³/mol. The molecule has 0 saturated carbocycles. The molecule has 1 aliphatic rings. The van der Waals surface area contributed by atoms with E-state index in [2.05, 4.69) is 49.0 Å². The van der Waals surface area contributed by atoms with Gasteiger partial charge in [-0.1, -0.05) is 0 Å². The van der Waals surface area contributed by atoms with Crippen molar-refractivity contribution >= 4 is 5.69 Å². The van der Waals surface area contributed by atoms with Crippen LogP contribution in [0.1, 0.15) is 26.5 Å². The van der Waals surface area contributed by atoms with Gasteiger partial charge in [-0.25, -0.2) is 0 Å². The Balaban J connectivity index is 2.28. The van der Waals surface area contributed by atoms with Gasteiger partial charge in [0, 0.05) is 30.9 Å². The lowest BCUT2D eigenvalue weighted by Gasteiger charge is -2.45. The highest BCUT2D eigenvalue weighted by Gasteiger charge is 2.30. The van der Waals surface area contributed by atoms with Crippen LogP contribution in [-0.2, 0) is 0 Å². The second kappa shape index (κ2) is 4.06. The van der Waals surface area contributed by atoms with Crippen LogP contribution >= 0.6 is 0 Å². The van der Waals surface area contributed by atoms with E-state index < -0.39 is 0 Å². The number of aromatic nitrogens is 1. The predicted octanol–water partition coefficient (Wildman–Crippen LogP) is 1.97. The minimum atomic E-state index is 0.175. The van der Waals surface area contributed by atoms with E-state index in [0.29, 0.717) is 6.04 Å². The highest BCUT2D eigenvalue weighted by atomic mass is 15.3. The molecule has 88 valence electrons. The molecule has 1 fully saturated rings. The van der Waals surface area contributed by atoms with Crippen LogP contribution in [0.15, 0.2) is 18.3 Å². The van der Waals surface area contributed by atoms with Gasteiger partial charge in [0.2, 0.25) is 0 Å². The van der Waals surface area contributed by atoms with Crippen molar-refractivity contribution in [1.29, 1.82) is 0 Å². The Morgan fingerprint density at radius 3 is 2.94 bits per heavy atom. The molecule has 16 heavy (non-hydrogen) atoms. The summed E-state index contributed by atoms with van der Waals surface area (Å²) in [4.78, 5) is 6.83. The molecule has 3 heteroatoms. The van der Waals surface area contributed by atoms with Gasteiger partial charge in [-0.3, -0.25) is 4.98 Å². The number of pyridine rings is 1. The van der Waals surface area contributed by atoms with Gasteiger partial charge in [0.25, 0.3) is 0 Å². The van der Waals surface area contributed by atoms with Crippen molar-refractivity contribution in [3.8, 4) is 0 Å². The molecule has 0 radical (unpaired) electrons. The number of hydrogen-bond donors (Lipinski definition) is 1. The van der Waals surface area contributed by atoms with Crippen LogP contribution in [0, 0.1) is 6.92 Å². The first kappa shape index (κ1) is 11.4. The molecule has 0 spiro atoms. The largest absolute Gasteiger partial charge is 0.364 e. The van der Waals surface area contributed by atoms with Crippen LogP contribution in [0.2, 0.25) is 0 Å². The highest BCUT2D eigenvalue weighted by molar-refractivity contribution is 5.51. The summed E-state index contributed by atoms with van der Waals surface area (Å²) in [6.07, 6.45) is 1.86. The highest BCUT2D eigenvalue weighted by Crippen LogP contribution is 2.24. The number of anilines is 1. The van der Waals surface area contributed by atoms with Crippen molar-refractivity contribution in [2.24, 2.45) is 0 Å². The standard InChI is InChI=1S/C13H21N3/c1-10-8-15-13(3,4)9-16(10)12-6-5-7-14-11(12)2/h5-7,10,15H,8-9H2,1-4H3. The van der Waals surface area contributed by atoms with Crippen molar-refractivity contribution in [3.63, 3.8) is 0 Å². The Bertz CT molecular complexity index is 373. The van der Waals surface area contributed by atoms with E-state index in [-0.39, 0.29) is 5.54 Å². The van der Waals surface area contributed by atoms with E-state index in [9.17, 15) is 0 Å². The van der Waals surface area contributed by atoms with Crippen molar-refractivity contribution in [2.75, 3.05) is 18.0 Å². The molecule has 1 aromatic heterocycles. The summed E-state index contributed by atoms with van der Waals surface area (Å²) in [5, 5.41) is 3.57. The van der Waals surface area contributed by atoms with Gasteiger partial charge in [0.1, 0.15) is 0 Å². The van der Waals surface area contributed by atoms with E-state index in [4.69, 9.17) is 0 Å². The van der Waals surface area contributed by atoms with Crippen molar-refractivity contribution in [2.45, 2.75) is 39.3 Å². The number of aryl methyl sites for hydroxylation is 1. The topological polar surface area (TPSA) is 28.2 Å². The third-order valence-corrected chi connectivity index (χ3v) is 3.26. The van der Waals surface area contributed by atoms with Gasteiger partial charge in [-0.05, 0) is 39.8 Å². The molecule has 1 atom stereocenters. The van der Waals surface area contributed by atoms with Gasteiger partial charge < -0.3 is 10.2 Å². The van der Waals surface area contributed by atoms with Crippen LogP contribution in [0.25, 0.3) is 0 Å². The maximum atomic E-state index is 4.37. The first-order chi connectivity index (χ1) is 7.49.